The van der Waals surface area contributed by atoms with Crippen molar-refractivity contribution >= 4 is 21.4 Å². The summed E-state index contributed by atoms with van der Waals surface area (Å²) in [4.78, 5) is 1.22. The molecular weight excluding hydrogens is 304 g/mol. The molecular formula is C15H20N2O2S2. The first-order chi connectivity index (χ1) is 10.0. The summed E-state index contributed by atoms with van der Waals surface area (Å²) in [6, 6.07) is 9.44. The average Bonchev–Trinajstić information content (AvgIpc) is 2.93. The monoisotopic (exact) mass is 324 g/mol. The molecule has 0 saturated carbocycles. The summed E-state index contributed by atoms with van der Waals surface area (Å²) in [7, 11) is -3.47. The Kier molecular flexibility index (Phi) is 5.52. The Morgan fingerprint density at radius 2 is 1.90 bits per heavy atom. The minimum absolute atomic E-state index is 0.311. The molecule has 0 radical (unpaired) electrons. The molecule has 0 bridgehead atoms. The van der Waals surface area contributed by atoms with Crippen LogP contribution in [0.1, 0.15) is 22.9 Å². The van der Waals surface area contributed by atoms with E-state index in [2.05, 4.69) is 10.0 Å². The molecule has 114 valence electrons. The molecule has 4 nitrogen and oxygen atoms in total. The van der Waals surface area contributed by atoms with Crippen LogP contribution in [-0.4, -0.2) is 15.0 Å². The summed E-state index contributed by atoms with van der Waals surface area (Å²) in [6.07, 6.45) is 0. The van der Waals surface area contributed by atoms with Crippen LogP contribution < -0.4 is 10.0 Å². The fourth-order valence-corrected chi connectivity index (χ4v) is 4.41. The first-order valence-electron chi connectivity index (χ1n) is 6.86. The lowest BCUT2D eigenvalue weighted by Gasteiger charge is -2.09. The number of aryl methyl sites for hydroxylation is 1. The van der Waals surface area contributed by atoms with Crippen molar-refractivity contribution in [1.29, 1.82) is 0 Å². The second-order valence-corrected chi connectivity index (χ2v) is 7.48. The molecule has 0 aliphatic carbocycles. The van der Waals surface area contributed by atoms with Crippen molar-refractivity contribution in [3.63, 3.8) is 0 Å². The fraction of sp³-hybridized carbons (Fsp3) is 0.333. The maximum atomic E-state index is 12.4. The molecule has 0 aliphatic rings. The summed E-state index contributed by atoms with van der Waals surface area (Å²) in [5.74, 6) is 0. The molecule has 1 aromatic carbocycles. The van der Waals surface area contributed by atoms with Gasteiger partial charge in [0.1, 0.15) is 0 Å². The minimum Gasteiger partial charge on any atom is -0.312 e. The van der Waals surface area contributed by atoms with E-state index in [0.717, 1.165) is 22.5 Å². The van der Waals surface area contributed by atoms with Crippen LogP contribution in [0.15, 0.2) is 40.6 Å². The van der Waals surface area contributed by atoms with E-state index in [1.165, 1.54) is 11.3 Å². The average molecular weight is 324 g/mol. The Bertz CT molecular complexity index is 693. The van der Waals surface area contributed by atoms with Crippen LogP contribution in [0.4, 0.5) is 0 Å². The molecule has 21 heavy (non-hydrogen) atoms. The lowest BCUT2D eigenvalue weighted by Crippen LogP contribution is -2.25. The van der Waals surface area contributed by atoms with Gasteiger partial charge in [-0.15, -0.1) is 11.3 Å². The predicted molar refractivity (Wildman–Crippen MR) is 86.9 cm³/mol. The van der Waals surface area contributed by atoms with Crippen LogP contribution >= 0.6 is 11.3 Å². The summed E-state index contributed by atoms with van der Waals surface area (Å²) < 4.78 is 27.5. The van der Waals surface area contributed by atoms with Gasteiger partial charge in [-0.05, 0) is 36.0 Å². The molecule has 6 heteroatoms. The van der Waals surface area contributed by atoms with E-state index in [1.54, 1.807) is 6.07 Å². The van der Waals surface area contributed by atoms with E-state index in [9.17, 15) is 8.42 Å². The third-order valence-corrected chi connectivity index (χ3v) is 5.78. The molecule has 0 aliphatic heterocycles. The van der Waals surface area contributed by atoms with Crippen molar-refractivity contribution in [1.82, 2.24) is 10.0 Å². The molecule has 1 heterocycles. The van der Waals surface area contributed by atoms with Crippen molar-refractivity contribution in [3.05, 3.63) is 51.7 Å². The van der Waals surface area contributed by atoms with Crippen LogP contribution in [0.25, 0.3) is 0 Å². The molecule has 2 aromatic rings. The van der Waals surface area contributed by atoms with Gasteiger partial charge in [-0.25, -0.2) is 13.1 Å². The molecule has 0 saturated heterocycles. The number of hydrogen-bond acceptors (Lipinski definition) is 4. The Morgan fingerprint density at radius 3 is 2.62 bits per heavy atom. The first kappa shape index (κ1) is 16.2. The van der Waals surface area contributed by atoms with Gasteiger partial charge in [-0.3, -0.25) is 0 Å². The summed E-state index contributed by atoms with van der Waals surface area (Å²) in [5, 5.41) is 4.98. The highest BCUT2D eigenvalue weighted by Gasteiger charge is 2.19. The number of thiophene rings is 1. The Hall–Kier alpha value is -1.21. The minimum atomic E-state index is -3.47. The zero-order chi connectivity index (χ0) is 15.3. The van der Waals surface area contributed by atoms with Crippen LogP contribution in [0.5, 0.6) is 0 Å². The van der Waals surface area contributed by atoms with Crippen molar-refractivity contribution in [2.45, 2.75) is 31.8 Å². The largest absolute Gasteiger partial charge is 0.312 e. The second kappa shape index (κ2) is 7.17. The van der Waals surface area contributed by atoms with Crippen LogP contribution in [0.3, 0.4) is 0 Å². The highest BCUT2D eigenvalue weighted by molar-refractivity contribution is 7.89. The van der Waals surface area contributed by atoms with Gasteiger partial charge in [-0.2, -0.15) is 0 Å². The van der Waals surface area contributed by atoms with Crippen molar-refractivity contribution in [2.75, 3.05) is 6.54 Å². The SMILES string of the molecule is CCNCc1sccc1S(=O)(=O)NCc1ccccc1C. The summed E-state index contributed by atoms with van der Waals surface area (Å²) in [6.45, 7) is 5.68. The lowest BCUT2D eigenvalue weighted by molar-refractivity contribution is 0.579. The Labute approximate surface area is 130 Å². The number of sulfonamides is 1. The third-order valence-electron chi connectivity index (χ3n) is 3.24. The highest BCUT2D eigenvalue weighted by Crippen LogP contribution is 2.22. The molecule has 0 unspecified atom stereocenters. The normalized spacial score (nSPS) is 11.7. The standard InChI is InChI=1S/C15H20N2O2S2/c1-3-16-11-14-15(8-9-20-14)21(18,19)17-10-13-7-5-4-6-12(13)2/h4-9,16-17H,3,10-11H2,1-2H3. The third kappa shape index (κ3) is 4.14. The molecule has 2 rings (SSSR count). The molecule has 1 aromatic heterocycles. The maximum Gasteiger partial charge on any atom is 0.242 e. The number of benzene rings is 1. The zero-order valence-corrected chi connectivity index (χ0v) is 13.9. The van der Waals surface area contributed by atoms with E-state index in [0.29, 0.717) is 18.0 Å². The van der Waals surface area contributed by atoms with Gasteiger partial charge >= 0.3 is 0 Å². The number of rotatable bonds is 7. The van der Waals surface area contributed by atoms with E-state index in [-0.39, 0.29) is 0 Å². The van der Waals surface area contributed by atoms with Gasteiger partial charge in [0.05, 0.1) is 4.90 Å². The van der Waals surface area contributed by atoms with Crippen molar-refractivity contribution < 1.29 is 8.42 Å². The van der Waals surface area contributed by atoms with Gasteiger partial charge in [-0.1, -0.05) is 31.2 Å². The van der Waals surface area contributed by atoms with E-state index in [1.807, 2.05) is 43.5 Å². The van der Waals surface area contributed by atoms with Gasteiger partial charge < -0.3 is 5.32 Å². The lowest BCUT2D eigenvalue weighted by atomic mass is 10.1. The fourth-order valence-electron chi connectivity index (χ4n) is 1.99. The van der Waals surface area contributed by atoms with Gasteiger partial charge in [0, 0.05) is 18.0 Å². The Morgan fingerprint density at radius 1 is 1.14 bits per heavy atom. The maximum absolute atomic E-state index is 12.4. The van der Waals surface area contributed by atoms with Crippen LogP contribution in [0, 0.1) is 6.92 Å². The molecule has 0 atom stereocenters. The van der Waals surface area contributed by atoms with E-state index >= 15 is 0 Å². The topological polar surface area (TPSA) is 58.2 Å². The quantitative estimate of drug-likeness (QED) is 0.823. The molecule has 0 spiro atoms. The van der Waals surface area contributed by atoms with E-state index < -0.39 is 10.0 Å². The molecule has 0 amide bonds. The smallest absolute Gasteiger partial charge is 0.242 e. The second-order valence-electron chi connectivity index (χ2n) is 4.74. The molecule has 0 fully saturated rings. The van der Waals surface area contributed by atoms with E-state index in [4.69, 9.17) is 0 Å². The van der Waals surface area contributed by atoms with Gasteiger partial charge in [0.25, 0.3) is 0 Å². The molecule has 2 N–H and O–H groups in total. The Balaban J connectivity index is 2.12. The number of hydrogen-bond donors (Lipinski definition) is 2. The first-order valence-corrected chi connectivity index (χ1v) is 9.22. The van der Waals surface area contributed by atoms with Gasteiger partial charge in [0.15, 0.2) is 0 Å². The van der Waals surface area contributed by atoms with Crippen LogP contribution in [0.2, 0.25) is 0 Å². The van der Waals surface area contributed by atoms with Crippen molar-refractivity contribution in [2.24, 2.45) is 0 Å². The van der Waals surface area contributed by atoms with Crippen molar-refractivity contribution in [3.8, 4) is 0 Å². The number of nitrogens with one attached hydrogen (secondary N) is 2. The zero-order valence-electron chi connectivity index (χ0n) is 12.2. The highest BCUT2D eigenvalue weighted by atomic mass is 32.2. The summed E-state index contributed by atoms with van der Waals surface area (Å²) >= 11 is 1.46. The predicted octanol–water partition coefficient (Wildman–Crippen LogP) is 2.64. The van der Waals surface area contributed by atoms with Crippen LogP contribution in [-0.2, 0) is 23.1 Å². The summed E-state index contributed by atoms with van der Waals surface area (Å²) in [5.41, 5.74) is 2.07. The van der Waals surface area contributed by atoms with Gasteiger partial charge in [0.2, 0.25) is 10.0 Å².